The Hall–Kier alpha value is -2.94. The molecular weight excluding hydrogens is 532 g/mol. The zero-order chi connectivity index (χ0) is 26.7. The van der Waals surface area contributed by atoms with Crippen molar-refractivity contribution in [1.29, 1.82) is 0 Å². The van der Waals surface area contributed by atoms with E-state index in [1.165, 1.54) is 29.7 Å². The van der Waals surface area contributed by atoms with E-state index in [1.807, 2.05) is 4.90 Å². The van der Waals surface area contributed by atoms with E-state index in [9.17, 15) is 18.0 Å². The molecule has 2 aromatic heterocycles. The molecule has 3 aliphatic rings. The van der Waals surface area contributed by atoms with Gasteiger partial charge in [0.25, 0.3) is 5.91 Å². The number of amides is 2. The Morgan fingerprint density at radius 1 is 1.16 bits per heavy atom. The van der Waals surface area contributed by atoms with Gasteiger partial charge in [0.05, 0.1) is 18.5 Å². The molecule has 1 aliphatic carbocycles. The summed E-state index contributed by atoms with van der Waals surface area (Å²) in [5.74, 6) is -0.455. The molecule has 1 atom stereocenters. The number of carbonyl (C=O) groups is 2. The van der Waals surface area contributed by atoms with Gasteiger partial charge in [0.1, 0.15) is 0 Å². The first-order valence-electron chi connectivity index (χ1n) is 12.6. The Balaban J connectivity index is 1.26. The number of rotatable bonds is 9. The van der Waals surface area contributed by atoms with E-state index in [-0.39, 0.29) is 28.0 Å². The highest BCUT2D eigenvalue weighted by atomic mass is 32.2. The molecule has 0 aromatic carbocycles. The number of nitrogens with zero attached hydrogens (tertiary/aromatic N) is 5. The molecule has 3 fully saturated rings. The third-order valence-electron chi connectivity index (χ3n) is 6.63. The zero-order valence-corrected chi connectivity index (χ0v) is 22.7. The molecule has 0 unspecified atom stereocenters. The Labute approximate surface area is 224 Å². The number of oxime groups is 1. The fourth-order valence-corrected chi connectivity index (χ4v) is 6.63. The summed E-state index contributed by atoms with van der Waals surface area (Å²) >= 11 is 1.36. The summed E-state index contributed by atoms with van der Waals surface area (Å²) in [4.78, 5) is 43.8. The summed E-state index contributed by atoms with van der Waals surface area (Å²) in [5.41, 5.74) is 0.299. The molecular formula is C24H30N6O6S2. The Morgan fingerprint density at radius 2 is 1.95 bits per heavy atom. The van der Waals surface area contributed by atoms with Crippen molar-refractivity contribution in [3.05, 3.63) is 35.0 Å². The van der Waals surface area contributed by atoms with Crippen molar-refractivity contribution in [1.82, 2.24) is 19.8 Å². The lowest BCUT2D eigenvalue weighted by atomic mass is 10.2. The summed E-state index contributed by atoms with van der Waals surface area (Å²) in [5, 5.41) is 6.90. The second kappa shape index (κ2) is 11.4. The number of pyridine rings is 1. The van der Waals surface area contributed by atoms with Gasteiger partial charge >= 0.3 is 0 Å². The normalized spacial score (nSPS) is 20.9. The first-order chi connectivity index (χ1) is 18.3. The average molecular weight is 563 g/mol. The molecule has 0 bridgehead atoms. The van der Waals surface area contributed by atoms with Gasteiger partial charge in [-0.05, 0) is 25.0 Å². The largest absolute Gasteiger partial charge is 0.389 e. The highest BCUT2D eigenvalue weighted by Gasteiger charge is 2.38. The Bertz CT molecular complexity index is 1290. The van der Waals surface area contributed by atoms with Crippen LogP contribution < -0.4 is 5.32 Å². The molecule has 2 amide bonds. The number of piperazine rings is 1. The van der Waals surface area contributed by atoms with Crippen molar-refractivity contribution < 1.29 is 27.6 Å². The minimum absolute atomic E-state index is 0.0117. The lowest BCUT2D eigenvalue weighted by Gasteiger charge is -2.33. The fraction of sp³-hybridized carbons (Fsp3) is 0.542. The number of hydrogen-bond acceptors (Lipinski definition) is 11. The highest BCUT2D eigenvalue weighted by Crippen LogP contribution is 2.32. The number of anilines is 1. The molecule has 5 rings (SSSR count). The number of sulfone groups is 1. The summed E-state index contributed by atoms with van der Waals surface area (Å²) in [7, 11) is -3.45. The smallest absolute Gasteiger partial charge is 0.280 e. The SMILES string of the molecule is CC(=O)N1CCN(Cc2cnc(NC(=O)C(=NO[C@@H]3CCOC3)c3ccc(S(=O)(=O)C4CC4)nc3)s2)CC1. The van der Waals surface area contributed by atoms with Crippen LogP contribution in [0.15, 0.2) is 34.7 Å². The van der Waals surface area contributed by atoms with Crippen LogP contribution in [-0.2, 0) is 35.5 Å². The van der Waals surface area contributed by atoms with E-state index in [0.29, 0.717) is 62.8 Å². The van der Waals surface area contributed by atoms with Crippen molar-refractivity contribution in [3.63, 3.8) is 0 Å². The predicted octanol–water partition coefficient (Wildman–Crippen LogP) is 1.29. The van der Waals surface area contributed by atoms with Gasteiger partial charge < -0.3 is 14.5 Å². The van der Waals surface area contributed by atoms with Crippen LogP contribution in [0.25, 0.3) is 0 Å². The third kappa shape index (κ3) is 6.37. The van der Waals surface area contributed by atoms with Crippen LogP contribution in [0, 0.1) is 0 Å². The van der Waals surface area contributed by atoms with E-state index >= 15 is 0 Å². The molecule has 2 saturated heterocycles. The van der Waals surface area contributed by atoms with Crippen LogP contribution in [0.5, 0.6) is 0 Å². The molecule has 0 spiro atoms. The van der Waals surface area contributed by atoms with E-state index in [2.05, 4.69) is 25.3 Å². The van der Waals surface area contributed by atoms with Crippen LogP contribution in [-0.4, -0.2) is 96.5 Å². The lowest BCUT2D eigenvalue weighted by Crippen LogP contribution is -2.47. The number of aromatic nitrogens is 2. The van der Waals surface area contributed by atoms with Crippen molar-refractivity contribution in [2.75, 3.05) is 44.7 Å². The minimum Gasteiger partial charge on any atom is -0.389 e. The van der Waals surface area contributed by atoms with Crippen molar-refractivity contribution in [2.24, 2.45) is 5.16 Å². The van der Waals surface area contributed by atoms with Crippen molar-refractivity contribution in [3.8, 4) is 0 Å². The molecule has 12 nitrogen and oxygen atoms in total. The summed E-state index contributed by atoms with van der Waals surface area (Å²) in [6, 6.07) is 2.92. The molecule has 2 aliphatic heterocycles. The molecule has 204 valence electrons. The van der Waals surface area contributed by atoms with E-state index in [4.69, 9.17) is 9.57 Å². The maximum Gasteiger partial charge on any atom is 0.280 e. The maximum absolute atomic E-state index is 13.2. The third-order valence-corrected chi connectivity index (χ3v) is 9.70. The van der Waals surface area contributed by atoms with Gasteiger partial charge in [0.15, 0.2) is 31.8 Å². The number of nitrogens with one attached hydrogen (secondary N) is 1. The standard InChI is InChI=1S/C24H30N6O6S2/c1-16(31)30-9-7-29(8-10-30)14-19-13-26-24(37-19)27-23(32)22(28-36-18-6-11-35-15-18)17-2-5-21(25-12-17)38(33,34)20-3-4-20/h2,5,12-13,18,20H,3-4,6-11,14-15H2,1H3,(H,26,27,32)/t18-/m1/s1. The van der Waals surface area contributed by atoms with Crippen LogP contribution >= 0.6 is 11.3 Å². The first kappa shape index (κ1) is 26.7. The Morgan fingerprint density at radius 3 is 2.58 bits per heavy atom. The molecule has 14 heteroatoms. The van der Waals surface area contributed by atoms with Crippen LogP contribution in [0.2, 0.25) is 0 Å². The quantitative estimate of drug-likeness (QED) is 0.353. The molecule has 4 heterocycles. The first-order valence-corrected chi connectivity index (χ1v) is 14.9. The summed E-state index contributed by atoms with van der Waals surface area (Å²) < 4.78 is 30.3. The van der Waals surface area contributed by atoms with E-state index in [0.717, 1.165) is 18.0 Å². The van der Waals surface area contributed by atoms with E-state index in [1.54, 1.807) is 13.1 Å². The second-order valence-corrected chi connectivity index (χ2v) is 12.8. The average Bonchev–Trinajstić information content (AvgIpc) is 3.49. The maximum atomic E-state index is 13.2. The van der Waals surface area contributed by atoms with Crippen LogP contribution in [0.3, 0.4) is 0 Å². The number of ether oxygens (including phenoxy) is 1. The highest BCUT2D eigenvalue weighted by molar-refractivity contribution is 7.92. The van der Waals surface area contributed by atoms with Gasteiger partial charge in [-0.2, -0.15) is 0 Å². The van der Waals surface area contributed by atoms with E-state index < -0.39 is 15.7 Å². The number of carbonyl (C=O) groups excluding carboxylic acids is 2. The van der Waals surface area contributed by atoms with Crippen LogP contribution in [0.4, 0.5) is 5.13 Å². The van der Waals surface area contributed by atoms with Crippen molar-refractivity contribution >= 4 is 43.8 Å². The molecule has 2 aromatic rings. The Kier molecular flexibility index (Phi) is 8.02. The van der Waals surface area contributed by atoms with Crippen molar-refractivity contribution in [2.45, 2.75) is 49.1 Å². The zero-order valence-electron chi connectivity index (χ0n) is 21.0. The molecule has 1 N–H and O–H groups in total. The van der Waals surface area contributed by atoms with Gasteiger partial charge in [-0.25, -0.2) is 18.4 Å². The van der Waals surface area contributed by atoms with Gasteiger partial charge in [0, 0.05) is 68.9 Å². The van der Waals surface area contributed by atoms with Crippen LogP contribution in [0.1, 0.15) is 36.6 Å². The number of hydrogen-bond donors (Lipinski definition) is 1. The monoisotopic (exact) mass is 562 g/mol. The minimum atomic E-state index is -3.45. The van der Waals surface area contributed by atoms with Gasteiger partial charge in [-0.3, -0.25) is 19.8 Å². The predicted molar refractivity (Wildman–Crippen MR) is 140 cm³/mol. The van der Waals surface area contributed by atoms with Gasteiger partial charge in [-0.1, -0.05) is 5.16 Å². The summed E-state index contributed by atoms with van der Waals surface area (Å²) in [6.45, 7) is 6.13. The molecule has 1 saturated carbocycles. The fourth-order valence-electron chi connectivity index (χ4n) is 4.22. The topological polar surface area (TPSA) is 143 Å². The molecule has 38 heavy (non-hydrogen) atoms. The lowest BCUT2D eigenvalue weighted by molar-refractivity contribution is -0.130. The number of thiazole rings is 1. The van der Waals surface area contributed by atoms with Gasteiger partial charge in [0.2, 0.25) is 5.91 Å². The second-order valence-electron chi connectivity index (χ2n) is 9.53. The van der Waals surface area contributed by atoms with Gasteiger partial charge in [-0.15, -0.1) is 11.3 Å². The summed E-state index contributed by atoms with van der Waals surface area (Å²) in [6.07, 6.45) is 4.72. The molecule has 0 radical (unpaired) electrons.